The molecule has 1 unspecified atom stereocenters. The van der Waals surface area contributed by atoms with E-state index >= 15 is 0 Å². The average Bonchev–Trinajstić information content (AvgIpc) is 2.38. The van der Waals surface area contributed by atoms with E-state index < -0.39 is 10.0 Å². The van der Waals surface area contributed by atoms with Crippen molar-refractivity contribution in [3.63, 3.8) is 0 Å². The van der Waals surface area contributed by atoms with Crippen LogP contribution in [0.15, 0.2) is 29.2 Å². The van der Waals surface area contributed by atoms with Crippen molar-refractivity contribution in [2.45, 2.75) is 24.3 Å². The van der Waals surface area contributed by atoms with Crippen LogP contribution in [0.3, 0.4) is 0 Å². The van der Waals surface area contributed by atoms with Crippen molar-refractivity contribution >= 4 is 10.0 Å². The predicted octanol–water partition coefficient (Wildman–Crippen LogP) is 1.19. The Balaban J connectivity index is 2.35. The smallest absolute Gasteiger partial charge is 0.243 e. The first-order chi connectivity index (χ1) is 8.55. The molecule has 18 heavy (non-hydrogen) atoms. The number of benzene rings is 1. The van der Waals surface area contributed by atoms with Crippen LogP contribution in [0.2, 0.25) is 0 Å². The molecule has 0 aromatic heterocycles. The molecule has 1 aliphatic heterocycles. The van der Waals surface area contributed by atoms with Crippen LogP contribution in [0.1, 0.15) is 13.3 Å². The lowest BCUT2D eigenvalue weighted by molar-refractivity contribution is 0.0314. The second kappa shape index (κ2) is 5.26. The molecule has 0 amide bonds. The second-order valence-electron chi connectivity index (χ2n) is 4.25. The molecule has 0 aliphatic carbocycles. The third kappa shape index (κ3) is 2.50. The maximum atomic E-state index is 12.5. The molecule has 6 heteroatoms. The van der Waals surface area contributed by atoms with E-state index in [1.165, 1.54) is 28.6 Å². The molecule has 1 fully saturated rings. The molecule has 1 heterocycles. The number of phenols is 1. The maximum absolute atomic E-state index is 12.5. The van der Waals surface area contributed by atoms with Gasteiger partial charge in [0.2, 0.25) is 10.0 Å². The minimum Gasteiger partial charge on any atom is -0.508 e. The van der Waals surface area contributed by atoms with Crippen molar-refractivity contribution < 1.29 is 18.3 Å². The van der Waals surface area contributed by atoms with E-state index in [1.807, 2.05) is 6.92 Å². The molecule has 1 aliphatic rings. The Labute approximate surface area is 107 Å². The minimum absolute atomic E-state index is 0.0441. The average molecular weight is 271 g/mol. The lowest BCUT2D eigenvalue weighted by Crippen LogP contribution is -2.48. The Morgan fingerprint density at radius 1 is 1.50 bits per heavy atom. The molecule has 1 aromatic carbocycles. The number of morpholine rings is 1. The van der Waals surface area contributed by atoms with Crippen molar-refractivity contribution in [1.29, 1.82) is 0 Å². The van der Waals surface area contributed by atoms with Crippen LogP contribution in [0.5, 0.6) is 5.75 Å². The standard InChI is InChI=1S/C12H17NO4S/c1-2-10-9-17-7-6-13(10)18(15,16)12-5-3-4-11(14)8-12/h3-5,8,10,14H,2,6-7,9H2,1H3. The summed E-state index contributed by atoms with van der Waals surface area (Å²) < 4.78 is 31.7. The van der Waals surface area contributed by atoms with E-state index in [0.717, 1.165) is 0 Å². The van der Waals surface area contributed by atoms with Gasteiger partial charge in [0, 0.05) is 12.6 Å². The summed E-state index contributed by atoms with van der Waals surface area (Å²) in [5.74, 6) is -0.0441. The van der Waals surface area contributed by atoms with Crippen molar-refractivity contribution in [1.82, 2.24) is 4.31 Å². The zero-order valence-electron chi connectivity index (χ0n) is 10.2. The summed E-state index contributed by atoms with van der Waals surface area (Å²) in [6, 6.07) is 5.62. The Kier molecular flexibility index (Phi) is 3.89. The first-order valence-corrected chi connectivity index (χ1v) is 7.38. The number of aromatic hydroxyl groups is 1. The Hall–Kier alpha value is -1.11. The highest BCUT2D eigenvalue weighted by Crippen LogP contribution is 2.24. The summed E-state index contributed by atoms with van der Waals surface area (Å²) in [5, 5.41) is 9.39. The van der Waals surface area contributed by atoms with Gasteiger partial charge in [0.05, 0.1) is 18.1 Å². The molecule has 100 valence electrons. The zero-order valence-corrected chi connectivity index (χ0v) is 11.1. The highest BCUT2D eigenvalue weighted by atomic mass is 32.2. The van der Waals surface area contributed by atoms with Crippen LogP contribution in [-0.4, -0.2) is 43.6 Å². The topological polar surface area (TPSA) is 66.8 Å². The number of phenolic OH excluding ortho intramolecular Hbond substituents is 1. The van der Waals surface area contributed by atoms with Crippen molar-refractivity contribution in [3.8, 4) is 5.75 Å². The highest BCUT2D eigenvalue weighted by molar-refractivity contribution is 7.89. The Morgan fingerprint density at radius 2 is 2.28 bits per heavy atom. The number of nitrogens with zero attached hydrogens (tertiary/aromatic N) is 1. The first-order valence-electron chi connectivity index (χ1n) is 5.94. The minimum atomic E-state index is -3.55. The Morgan fingerprint density at radius 3 is 2.94 bits per heavy atom. The lowest BCUT2D eigenvalue weighted by Gasteiger charge is -2.33. The van der Waals surface area contributed by atoms with Crippen molar-refractivity contribution in [2.75, 3.05) is 19.8 Å². The van der Waals surface area contributed by atoms with Gasteiger partial charge >= 0.3 is 0 Å². The summed E-state index contributed by atoms with van der Waals surface area (Å²) >= 11 is 0. The molecule has 0 saturated carbocycles. The maximum Gasteiger partial charge on any atom is 0.243 e. The normalized spacial score (nSPS) is 21.9. The summed E-state index contributed by atoms with van der Waals surface area (Å²) in [6.07, 6.45) is 0.706. The van der Waals surface area contributed by atoms with Crippen molar-refractivity contribution in [2.24, 2.45) is 0 Å². The largest absolute Gasteiger partial charge is 0.508 e. The molecular formula is C12H17NO4S. The van der Waals surface area contributed by atoms with Crippen LogP contribution in [0, 0.1) is 0 Å². The third-order valence-electron chi connectivity index (χ3n) is 3.07. The van der Waals surface area contributed by atoms with Gasteiger partial charge in [-0.25, -0.2) is 8.42 Å². The number of rotatable bonds is 3. The molecule has 2 rings (SSSR count). The second-order valence-corrected chi connectivity index (χ2v) is 6.14. The van der Waals surface area contributed by atoms with Crippen LogP contribution < -0.4 is 0 Å². The van der Waals surface area contributed by atoms with Gasteiger partial charge in [-0.15, -0.1) is 0 Å². The third-order valence-corrected chi connectivity index (χ3v) is 5.02. The molecular weight excluding hydrogens is 254 g/mol. The molecule has 5 nitrogen and oxygen atoms in total. The van der Waals surface area contributed by atoms with E-state index in [-0.39, 0.29) is 16.7 Å². The molecule has 1 N–H and O–H groups in total. The fourth-order valence-electron chi connectivity index (χ4n) is 2.06. The van der Waals surface area contributed by atoms with Crippen LogP contribution in [0.4, 0.5) is 0 Å². The fourth-order valence-corrected chi connectivity index (χ4v) is 3.77. The molecule has 0 spiro atoms. The number of hydrogen-bond acceptors (Lipinski definition) is 4. The molecule has 1 aromatic rings. The number of hydrogen-bond donors (Lipinski definition) is 1. The first kappa shape index (κ1) is 13.3. The van der Waals surface area contributed by atoms with Gasteiger partial charge in [-0.05, 0) is 24.6 Å². The van der Waals surface area contributed by atoms with Crippen LogP contribution in [-0.2, 0) is 14.8 Å². The SMILES string of the molecule is CCC1COCCN1S(=O)(=O)c1cccc(O)c1. The van der Waals surface area contributed by atoms with Crippen molar-refractivity contribution in [3.05, 3.63) is 24.3 Å². The van der Waals surface area contributed by atoms with Gasteiger partial charge in [0.15, 0.2) is 0 Å². The van der Waals surface area contributed by atoms with E-state index in [2.05, 4.69) is 0 Å². The zero-order chi connectivity index (χ0) is 13.2. The summed E-state index contributed by atoms with van der Waals surface area (Å²) in [7, 11) is -3.55. The van der Waals surface area contributed by atoms with E-state index in [1.54, 1.807) is 0 Å². The van der Waals surface area contributed by atoms with Gasteiger partial charge in [-0.1, -0.05) is 13.0 Å². The van der Waals surface area contributed by atoms with E-state index in [4.69, 9.17) is 4.74 Å². The molecule has 0 radical (unpaired) electrons. The van der Waals surface area contributed by atoms with Gasteiger partial charge in [-0.3, -0.25) is 0 Å². The Bertz CT molecular complexity index is 515. The van der Waals surface area contributed by atoms with E-state index in [0.29, 0.717) is 26.2 Å². The number of sulfonamides is 1. The summed E-state index contributed by atoms with van der Waals surface area (Å²) in [5.41, 5.74) is 0. The van der Waals surface area contributed by atoms with Gasteiger partial charge in [-0.2, -0.15) is 4.31 Å². The predicted molar refractivity (Wildman–Crippen MR) is 66.9 cm³/mol. The molecule has 1 atom stereocenters. The summed E-state index contributed by atoms with van der Waals surface area (Å²) in [6.45, 7) is 3.13. The molecule has 0 bridgehead atoms. The van der Waals surface area contributed by atoms with Gasteiger partial charge < -0.3 is 9.84 Å². The fraction of sp³-hybridized carbons (Fsp3) is 0.500. The molecule has 1 saturated heterocycles. The van der Waals surface area contributed by atoms with E-state index in [9.17, 15) is 13.5 Å². The van der Waals surface area contributed by atoms with Crippen LogP contribution in [0.25, 0.3) is 0 Å². The summed E-state index contributed by atoms with van der Waals surface area (Å²) in [4.78, 5) is 0.128. The lowest BCUT2D eigenvalue weighted by atomic mass is 10.2. The monoisotopic (exact) mass is 271 g/mol. The highest BCUT2D eigenvalue weighted by Gasteiger charge is 2.33. The number of ether oxygens (including phenoxy) is 1. The van der Waals surface area contributed by atoms with Crippen LogP contribution >= 0.6 is 0 Å². The quantitative estimate of drug-likeness (QED) is 0.896. The van der Waals surface area contributed by atoms with Gasteiger partial charge in [0.1, 0.15) is 5.75 Å². The van der Waals surface area contributed by atoms with Gasteiger partial charge in [0.25, 0.3) is 0 Å².